The van der Waals surface area contributed by atoms with Crippen LogP contribution in [0.5, 0.6) is 17.2 Å². The average molecular weight is 538 g/mol. The second-order valence-electron chi connectivity index (χ2n) is 8.10. The number of fused-ring (bicyclic) bond motifs is 1. The van der Waals surface area contributed by atoms with Gasteiger partial charge in [-0.2, -0.15) is 0 Å². The van der Waals surface area contributed by atoms with Gasteiger partial charge in [0, 0.05) is 35.7 Å². The molecule has 0 bridgehead atoms. The normalized spacial score (nSPS) is 15.8. The number of likely N-dealkylation sites (N-methyl/N-ethyl adjacent to an activating group) is 1. The van der Waals surface area contributed by atoms with E-state index < -0.39 is 0 Å². The minimum Gasteiger partial charge on any atom is -0.507 e. The molecule has 0 spiro atoms. The topological polar surface area (TPSA) is 83.1 Å². The van der Waals surface area contributed by atoms with Gasteiger partial charge in [0.1, 0.15) is 11.6 Å². The molecule has 2 aliphatic heterocycles. The standard InChI is InChI=1S/C27H28BrN3O4/c1-3-21(28)22-14-19(20-8-4-5-9-23(20)32)16-26(31(22)2)29-12-6-7-13-30-27(33)18-10-11-24-25(15-18)35-17-34-24/h3-5,8-11,14-16,29,32H,1,6-7,12-13,17H2,2H3,(H,30,33)/b22-21+. The number of amides is 1. The second-order valence-corrected chi connectivity index (χ2v) is 8.95. The first-order chi connectivity index (χ1) is 17.0. The summed E-state index contributed by atoms with van der Waals surface area (Å²) >= 11 is 3.58. The third-order valence-electron chi connectivity index (χ3n) is 5.78. The number of unbranched alkanes of at least 4 members (excludes halogenated alkanes) is 1. The Bertz CT molecular complexity index is 1220. The number of ether oxygens (including phenoxy) is 2. The van der Waals surface area contributed by atoms with Crippen molar-refractivity contribution in [3.05, 3.63) is 94.4 Å². The molecule has 0 saturated carbocycles. The zero-order valence-electron chi connectivity index (χ0n) is 19.5. The Morgan fingerprint density at radius 3 is 2.71 bits per heavy atom. The van der Waals surface area contributed by atoms with Gasteiger partial charge in [0.05, 0.1) is 5.70 Å². The lowest BCUT2D eigenvalue weighted by Gasteiger charge is -2.30. The highest BCUT2D eigenvalue weighted by atomic mass is 79.9. The molecule has 35 heavy (non-hydrogen) atoms. The number of nitrogens with one attached hydrogen (secondary N) is 2. The van der Waals surface area contributed by atoms with Gasteiger partial charge in [-0.15, -0.1) is 0 Å². The molecule has 7 nitrogen and oxygen atoms in total. The van der Waals surface area contributed by atoms with Crippen LogP contribution in [0.4, 0.5) is 0 Å². The van der Waals surface area contributed by atoms with Gasteiger partial charge in [0.25, 0.3) is 5.91 Å². The van der Waals surface area contributed by atoms with E-state index in [4.69, 9.17) is 9.47 Å². The van der Waals surface area contributed by atoms with Crippen LogP contribution in [0.2, 0.25) is 0 Å². The Morgan fingerprint density at radius 2 is 1.91 bits per heavy atom. The first-order valence-electron chi connectivity index (χ1n) is 11.4. The van der Waals surface area contributed by atoms with E-state index in [1.54, 1.807) is 36.4 Å². The molecule has 8 heteroatoms. The number of aromatic hydroxyl groups is 1. The molecule has 0 atom stereocenters. The van der Waals surface area contributed by atoms with Crippen LogP contribution in [0.1, 0.15) is 28.8 Å². The number of allylic oxidation sites excluding steroid dienone is 5. The highest BCUT2D eigenvalue weighted by Gasteiger charge is 2.19. The summed E-state index contributed by atoms with van der Waals surface area (Å²) in [6.07, 6.45) is 7.46. The van der Waals surface area contributed by atoms with E-state index in [1.807, 2.05) is 36.2 Å². The van der Waals surface area contributed by atoms with Crippen LogP contribution in [0.25, 0.3) is 5.57 Å². The van der Waals surface area contributed by atoms with Gasteiger partial charge in [0.2, 0.25) is 6.79 Å². The predicted molar refractivity (Wildman–Crippen MR) is 140 cm³/mol. The molecule has 2 heterocycles. The molecule has 0 aromatic heterocycles. The van der Waals surface area contributed by atoms with E-state index in [1.165, 1.54) is 0 Å². The first kappa shape index (κ1) is 24.5. The largest absolute Gasteiger partial charge is 0.507 e. The lowest BCUT2D eigenvalue weighted by Crippen LogP contribution is -2.31. The molecule has 0 fully saturated rings. The predicted octanol–water partition coefficient (Wildman–Crippen LogP) is 4.88. The highest BCUT2D eigenvalue weighted by Crippen LogP contribution is 2.34. The Morgan fingerprint density at radius 1 is 1.14 bits per heavy atom. The monoisotopic (exact) mass is 537 g/mol. The summed E-state index contributed by atoms with van der Waals surface area (Å²) in [5.41, 5.74) is 3.14. The molecule has 4 rings (SSSR count). The molecule has 0 saturated heterocycles. The van der Waals surface area contributed by atoms with Crippen LogP contribution in [0, 0.1) is 0 Å². The van der Waals surface area contributed by atoms with E-state index in [0.717, 1.165) is 46.5 Å². The molecule has 2 aromatic carbocycles. The first-order valence-corrected chi connectivity index (χ1v) is 12.2. The van der Waals surface area contributed by atoms with E-state index >= 15 is 0 Å². The van der Waals surface area contributed by atoms with Gasteiger partial charge in [-0.05, 0) is 70.8 Å². The van der Waals surface area contributed by atoms with Gasteiger partial charge >= 0.3 is 0 Å². The lowest BCUT2D eigenvalue weighted by atomic mass is 10.0. The van der Waals surface area contributed by atoms with Crippen LogP contribution in [-0.2, 0) is 0 Å². The summed E-state index contributed by atoms with van der Waals surface area (Å²) in [4.78, 5) is 14.4. The van der Waals surface area contributed by atoms with Crippen molar-refractivity contribution < 1.29 is 19.4 Å². The van der Waals surface area contributed by atoms with E-state index in [-0.39, 0.29) is 18.4 Å². The molecule has 0 unspecified atom stereocenters. The van der Waals surface area contributed by atoms with Crippen molar-refractivity contribution in [3.63, 3.8) is 0 Å². The highest BCUT2D eigenvalue weighted by molar-refractivity contribution is 9.11. The molecule has 3 N–H and O–H groups in total. The number of nitrogens with zero attached hydrogens (tertiary/aromatic N) is 1. The molecule has 1 amide bonds. The van der Waals surface area contributed by atoms with Crippen molar-refractivity contribution >= 4 is 27.4 Å². The number of hydrogen-bond donors (Lipinski definition) is 3. The Balaban J connectivity index is 1.32. The van der Waals surface area contributed by atoms with Gasteiger partial charge in [0.15, 0.2) is 11.5 Å². The van der Waals surface area contributed by atoms with Crippen molar-refractivity contribution in [2.24, 2.45) is 0 Å². The lowest BCUT2D eigenvalue weighted by molar-refractivity contribution is 0.0952. The van der Waals surface area contributed by atoms with Gasteiger partial charge in [-0.3, -0.25) is 4.79 Å². The molecule has 0 radical (unpaired) electrons. The van der Waals surface area contributed by atoms with Crippen LogP contribution >= 0.6 is 15.9 Å². The van der Waals surface area contributed by atoms with E-state index in [0.29, 0.717) is 23.6 Å². The summed E-state index contributed by atoms with van der Waals surface area (Å²) in [5.74, 6) is 2.26. The van der Waals surface area contributed by atoms with E-state index in [2.05, 4.69) is 33.1 Å². The SMILES string of the molecule is C=C/C(Br)=C1/C=C(c2ccccc2O)C=C(NCCCCNC(=O)c2ccc3c(c2)OCO3)N1C. The van der Waals surface area contributed by atoms with Crippen molar-refractivity contribution in [2.75, 3.05) is 26.9 Å². The molecular formula is C27H28BrN3O4. The molecule has 0 aliphatic carbocycles. The van der Waals surface area contributed by atoms with Crippen LogP contribution < -0.4 is 20.1 Å². The van der Waals surface area contributed by atoms with Crippen LogP contribution in [-0.4, -0.2) is 42.8 Å². The second kappa shape index (κ2) is 11.2. The number of phenolic OH excluding ortho intramolecular Hbond substituents is 1. The molecule has 2 aromatic rings. The fourth-order valence-corrected chi connectivity index (χ4v) is 4.22. The number of para-hydroxylation sites is 1. The number of benzene rings is 2. The number of halogens is 1. The zero-order valence-corrected chi connectivity index (χ0v) is 21.1. The third-order valence-corrected chi connectivity index (χ3v) is 6.51. The fraction of sp³-hybridized carbons (Fsp3) is 0.222. The van der Waals surface area contributed by atoms with Gasteiger partial charge in [-0.25, -0.2) is 0 Å². The maximum atomic E-state index is 12.4. The minimum absolute atomic E-state index is 0.132. The number of hydrogen-bond acceptors (Lipinski definition) is 6. The molecule has 2 aliphatic rings. The average Bonchev–Trinajstić information content (AvgIpc) is 3.34. The van der Waals surface area contributed by atoms with Gasteiger partial charge in [-0.1, -0.05) is 30.9 Å². The third kappa shape index (κ3) is 5.71. The van der Waals surface area contributed by atoms with Crippen LogP contribution in [0.15, 0.2) is 83.3 Å². The quantitative estimate of drug-likeness (QED) is 0.395. The number of carbonyl (C=O) groups is 1. The Kier molecular flexibility index (Phi) is 7.82. The van der Waals surface area contributed by atoms with Crippen LogP contribution in [0.3, 0.4) is 0 Å². The van der Waals surface area contributed by atoms with Crippen molar-refractivity contribution in [2.45, 2.75) is 12.8 Å². The number of phenols is 1. The minimum atomic E-state index is -0.132. The summed E-state index contributed by atoms with van der Waals surface area (Å²) in [5, 5.41) is 16.8. The van der Waals surface area contributed by atoms with Crippen molar-refractivity contribution in [3.8, 4) is 17.2 Å². The van der Waals surface area contributed by atoms with E-state index in [9.17, 15) is 9.90 Å². The summed E-state index contributed by atoms with van der Waals surface area (Å²) in [6.45, 7) is 5.34. The summed E-state index contributed by atoms with van der Waals surface area (Å²) in [6, 6.07) is 12.5. The number of carbonyl (C=O) groups excluding carboxylic acids is 1. The maximum absolute atomic E-state index is 12.4. The molecule has 182 valence electrons. The fourth-order valence-electron chi connectivity index (χ4n) is 3.84. The van der Waals surface area contributed by atoms with Gasteiger partial charge < -0.3 is 30.1 Å². The number of rotatable bonds is 9. The Hall–Kier alpha value is -3.65. The zero-order chi connectivity index (χ0) is 24.8. The van der Waals surface area contributed by atoms with Crippen molar-refractivity contribution in [1.82, 2.24) is 15.5 Å². The summed E-state index contributed by atoms with van der Waals surface area (Å²) in [7, 11) is 1.97. The Labute approximate surface area is 213 Å². The summed E-state index contributed by atoms with van der Waals surface area (Å²) < 4.78 is 11.5. The molecular weight excluding hydrogens is 510 g/mol. The smallest absolute Gasteiger partial charge is 0.251 e. The van der Waals surface area contributed by atoms with Crippen molar-refractivity contribution in [1.29, 1.82) is 0 Å². The maximum Gasteiger partial charge on any atom is 0.251 e.